The van der Waals surface area contributed by atoms with E-state index in [-0.39, 0.29) is 46.2 Å². The predicted octanol–water partition coefficient (Wildman–Crippen LogP) is 8.42. The minimum atomic E-state index is -0.965. The standard InChI is InChI=1S/C38H63NO5/c1-9-10-11-12-31(42)44-29-17-18-35(6)27(34(29,4)5)16-19-37(8)28(35)14-13-26-32-25(24(2)3)15-20-38(32,22-21-36(26,37)7)33(43)39-23-30(40)41/h24-29,32H,9-23H2,1-8H3,(H,39,43)(H,40,41)/t25?,26?,27?,28?,29-,32?,35+,36-,37-,38?/m1/s1. The molecule has 5 rings (SSSR count). The second-order valence-corrected chi connectivity index (χ2v) is 17.7. The van der Waals surface area contributed by atoms with Crippen LogP contribution in [0.5, 0.6) is 0 Å². The third kappa shape index (κ3) is 5.06. The monoisotopic (exact) mass is 613 g/mol. The van der Waals surface area contributed by atoms with E-state index in [9.17, 15) is 19.5 Å². The number of carboxylic acids is 1. The number of carbonyl (C=O) groups excluding carboxylic acids is 2. The first-order valence-electron chi connectivity index (χ1n) is 18.3. The highest BCUT2D eigenvalue weighted by molar-refractivity contribution is 5.86. The van der Waals surface area contributed by atoms with E-state index >= 15 is 0 Å². The minimum absolute atomic E-state index is 0.00218. The fourth-order valence-corrected chi connectivity index (χ4v) is 13.0. The van der Waals surface area contributed by atoms with Crippen molar-refractivity contribution in [3.63, 3.8) is 0 Å². The SMILES string of the molecule is CCCCCC(=O)O[C@@H]1CC[C@@]2(C)C(CC[C@]3(C)C2CCC2C4C(C(C)C)CCC4(C(=O)NCC(=O)O)CC[C@]23C)C1(C)C. The number of nitrogens with one attached hydrogen (secondary N) is 1. The van der Waals surface area contributed by atoms with Gasteiger partial charge >= 0.3 is 11.9 Å². The van der Waals surface area contributed by atoms with Crippen LogP contribution in [0.25, 0.3) is 0 Å². The number of carboxylic acid groups (broad SMARTS) is 1. The number of fused-ring (bicyclic) bond motifs is 7. The molecule has 5 aliphatic carbocycles. The molecule has 0 aromatic carbocycles. The van der Waals surface area contributed by atoms with Gasteiger partial charge in [0.05, 0.1) is 5.41 Å². The van der Waals surface area contributed by atoms with Gasteiger partial charge in [-0.15, -0.1) is 0 Å². The van der Waals surface area contributed by atoms with Crippen molar-refractivity contribution in [3.05, 3.63) is 0 Å². The van der Waals surface area contributed by atoms with Gasteiger partial charge in [-0.25, -0.2) is 0 Å². The third-order valence-electron chi connectivity index (χ3n) is 15.4. The van der Waals surface area contributed by atoms with Crippen LogP contribution in [0.2, 0.25) is 0 Å². The Morgan fingerprint density at radius 3 is 2.23 bits per heavy atom. The quantitative estimate of drug-likeness (QED) is 0.201. The van der Waals surface area contributed by atoms with Crippen molar-refractivity contribution in [2.24, 2.45) is 62.6 Å². The molecule has 0 spiro atoms. The normalized spacial score (nSPS) is 44.1. The topological polar surface area (TPSA) is 92.7 Å². The number of ether oxygens (including phenoxy) is 1. The van der Waals surface area contributed by atoms with Gasteiger partial charge in [-0.2, -0.15) is 0 Å². The van der Waals surface area contributed by atoms with Crippen LogP contribution in [0, 0.1) is 62.6 Å². The summed E-state index contributed by atoms with van der Waals surface area (Å²) in [5.41, 5.74) is 0.0603. The molecule has 44 heavy (non-hydrogen) atoms. The lowest BCUT2D eigenvalue weighted by atomic mass is 9.32. The maximum Gasteiger partial charge on any atom is 0.322 e. The van der Waals surface area contributed by atoms with Gasteiger partial charge in [0.1, 0.15) is 12.6 Å². The van der Waals surface area contributed by atoms with Crippen molar-refractivity contribution in [2.45, 2.75) is 151 Å². The summed E-state index contributed by atoms with van der Waals surface area (Å²) in [5.74, 6) is 1.98. The fraction of sp³-hybridized carbons (Fsp3) is 0.921. The second kappa shape index (κ2) is 11.9. The summed E-state index contributed by atoms with van der Waals surface area (Å²) >= 11 is 0. The van der Waals surface area contributed by atoms with E-state index in [4.69, 9.17) is 4.74 Å². The predicted molar refractivity (Wildman–Crippen MR) is 174 cm³/mol. The molecular formula is C38H63NO5. The zero-order valence-corrected chi connectivity index (χ0v) is 29.2. The van der Waals surface area contributed by atoms with E-state index in [1.165, 1.54) is 19.3 Å². The number of esters is 1. The fourth-order valence-electron chi connectivity index (χ4n) is 13.0. The summed E-state index contributed by atoms with van der Waals surface area (Å²) in [6.45, 7) is 19.1. The highest BCUT2D eigenvalue weighted by Crippen LogP contribution is 2.77. The molecule has 0 radical (unpaired) electrons. The highest BCUT2D eigenvalue weighted by atomic mass is 16.5. The van der Waals surface area contributed by atoms with Gasteiger partial charge in [-0.3, -0.25) is 14.4 Å². The second-order valence-electron chi connectivity index (χ2n) is 17.7. The summed E-state index contributed by atoms with van der Waals surface area (Å²) in [5, 5.41) is 12.2. The molecule has 1 amide bonds. The summed E-state index contributed by atoms with van der Waals surface area (Å²) in [6.07, 6.45) is 14.4. The van der Waals surface area contributed by atoms with Gasteiger partial charge < -0.3 is 15.2 Å². The Bertz CT molecular complexity index is 1120. The zero-order valence-electron chi connectivity index (χ0n) is 29.2. The number of aliphatic carboxylic acids is 1. The molecule has 6 nitrogen and oxygen atoms in total. The van der Waals surface area contributed by atoms with Crippen molar-refractivity contribution in [3.8, 4) is 0 Å². The number of rotatable bonds is 9. The van der Waals surface area contributed by atoms with E-state index < -0.39 is 11.4 Å². The van der Waals surface area contributed by atoms with E-state index in [0.29, 0.717) is 41.9 Å². The lowest BCUT2D eigenvalue weighted by molar-refractivity contribution is -0.250. The largest absolute Gasteiger partial charge is 0.480 e. The molecule has 0 aromatic heterocycles. The van der Waals surface area contributed by atoms with Gasteiger partial charge in [0.2, 0.25) is 5.91 Å². The summed E-state index contributed by atoms with van der Waals surface area (Å²) in [4.78, 5) is 38.1. The molecule has 6 unspecified atom stereocenters. The molecule has 5 saturated carbocycles. The number of unbranched alkanes of at least 4 members (excludes halogenated alkanes) is 2. The smallest absolute Gasteiger partial charge is 0.322 e. The van der Waals surface area contributed by atoms with Gasteiger partial charge in [0.25, 0.3) is 0 Å². The molecule has 0 bridgehead atoms. The highest BCUT2D eigenvalue weighted by Gasteiger charge is 2.72. The first-order valence-corrected chi connectivity index (χ1v) is 18.3. The average Bonchev–Trinajstić information content (AvgIpc) is 3.35. The molecule has 0 aliphatic heterocycles. The van der Waals surface area contributed by atoms with E-state index in [0.717, 1.165) is 64.2 Å². The molecule has 250 valence electrons. The van der Waals surface area contributed by atoms with Crippen molar-refractivity contribution < 1.29 is 24.2 Å². The van der Waals surface area contributed by atoms with Crippen molar-refractivity contribution in [2.75, 3.05) is 6.54 Å². The molecule has 0 aromatic rings. The van der Waals surface area contributed by atoms with Crippen LogP contribution in [0.3, 0.4) is 0 Å². The lowest BCUT2D eigenvalue weighted by Crippen LogP contribution is -2.67. The van der Waals surface area contributed by atoms with Crippen LogP contribution >= 0.6 is 0 Å². The Morgan fingerprint density at radius 2 is 1.57 bits per heavy atom. The van der Waals surface area contributed by atoms with Crippen LogP contribution in [0.15, 0.2) is 0 Å². The first kappa shape index (κ1) is 33.8. The number of hydrogen-bond donors (Lipinski definition) is 2. The van der Waals surface area contributed by atoms with Gasteiger partial charge in [-0.1, -0.05) is 68.2 Å². The van der Waals surface area contributed by atoms with Gasteiger partial charge in [-0.05, 0) is 122 Å². The zero-order chi connectivity index (χ0) is 32.3. The molecule has 0 saturated heterocycles. The lowest BCUT2D eigenvalue weighted by Gasteiger charge is -2.73. The number of carbonyl (C=O) groups is 3. The Balaban J connectivity index is 1.42. The van der Waals surface area contributed by atoms with Gasteiger partial charge in [0.15, 0.2) is 0 Å². The van der Waals surface area contributed by atoms with Crippen LogP contribution in [-0.4, -0.2) is 35.6 Å². The molecule has 5 aliphatic rings. The van der Waals surface area contributed by atoms with E-state index in [1.54, 1.807) is 0 Å². The Kier molecular flexibility index (Phi) is 9.12. The van der Waals surface area contributed by atoms with Crippen LogP contribution in [0.4, 0.5) is 0 Å². The van der Waals surface area contributed by atoms with Crippen LogP contribution in [0.1, 0.15) is 145 Å². The Labute approximate surface area is 267 Å². The number of amides is 1. The van der Waals surface area contributed by atoms with Crippen LogP contribution < -0.4 is 5.32 Å². The summed E-state index contributed by atoms with van der Waals surface area (Å²) in [7, 11) is 0. The molecule has 0 heterocycles. The molecular weight excluding hydrogens is 550 g/mol. The van der Waals surface area contributed by atoms with Crippen LogP contribution in [-0.2, 0) is 19.1 Å². The molecule has 2 N–H and O–H groups in total. The molecule has 10 atom stereocenters. The number of hydrogen-bond acceptors (Lipinski definition) is 4. The average molecular weight is 614 g/mol. The van der Waals surface area contributed by atoms with E-state index in [1.807, 2.05) is 0 Å². The Hall–Kier alpha value is -1.59. The van der Waals surface area contributed by atoms with Gasteiger partial charge in [0, 0.05) is 11.8 Å². The summed E-state index contributed by atoms with van der Waals surface area (Å²) < 4.78 is 6.25. The van der Waals surface area contributed by atoms with Crippen molar-refractivity contribution in [1.82, 2.24) is 5.32 Å². The van der Waals surface area contributed by atoms with Crippen molar-refractivity contribution in [1.29, 1.82) is 0 Å². The molecule has 6 heteroatoms. The molecule has 5 fully saturated rings. The Morgan fingerprint density at radius 1 is 0.841 bits per heavy atom. The van der Waals surface area contributed by atoms with E-state index in [2.05, 4.69) is 60.7 Å². The summed E-state index contributed by atoms with van der Waals surface area (Å²) in [6, 6.07) is 0. The van der Waals surface area contributed by atoms with Crippen molar-refractivity contribution >= 4 is 17.8 Å². The maximum absolute atomic E-state index is 13.9. The minimum Gasteiger partial charge on any atom is -0.480 e. The third-order valence-corrected chi connectivity index (χ3v) is 15.4. The first-order chi connectivity index (χ1) is 20.6. The maximum atomic E-state index is 13.9.